The summed E-state index contributed by atoms with van der Waals surface area (Å²) in [4.78, 5) is 18.3. The molecule has 0 aromatic rings. The summed E-state index contributed by atoms with van der Waals surface area (Å²) in [5.74, 6) is 5.84. The van der Waals surface area contributed by atoms with Gasteiger partial charge in [-0.1, -0.05) is 59.8 Å². The highest BCUT2D eigenvalue weighted by atomic mass is 16.5. The number of methoxy groups -OCH3 is 1. The minimum absolute atomic E-state index is 0.285. The van der Waals surface area contributed by atoms with Gasteiger partial charge in [0.2, 0.25) is 0 Å². The SMILES string of the molecule is C=CC(=C)C(=O)OC.C=O.CC1CC2C3CCC(C3)C2C1.CCCC(CC)C(C)(O)CC. The van der Waals surface area contributed by atoms with Gasteiger partial charge >= 0.3 is 5.97 Å². The quantitative estimate of drug-likeness (QED) is 0.264. The Morgan fingerprint density at radius 2 is 1.62 bits per heavy atom. The predicted molar refractivity (Wildman–Crippen MR) is 134 cm³/mol. The second kappa shape index (κ2) is 15.4. The van der Waals surface area contributed by atoms with Crippen molar-refractivity contribution in [3.05, 3.63) is 24.8 Å². The molecular formula is C28H50O4. The highest BCUT2D eigenvalue weighted by molar-refractivity contribution is 5.90. The van der Waals surface area contributed by atoms with Gasteiger partial charge in [0.25, 0.3) is 0 Å². The first-order valence-corrected chi connectivity index (χ1v) is 12.6. The van der Waals surface area contributed by atoms with Crippen LogP contribution in [0.3, 0.4) is 0 Å². The van der Waals surface area contributed by atoms with Crippen LogP contribution >= 0.6 is 0 Å². The summed E-state index contributed by atoms with van der Waals surface area (Å²) >= 11 is 0. The van der Waals surface area contributed by atoms with Crippen LogP contribution in [-0.4, -0.2) is 30.6 Å². The Hall–Kier alpha value is -1.42. The van der Waals surface area contributed by atoms with Crippen LogP contribution in [0.2, 0.25) is 0 Å². The number of rotatable bonds is 7. The summed E-state index contributed by atoms with van der Waals surface area (Å²) in [5, 5.41) is 9.91. The highest BCUT2D eigenvalue weighted by Crippen LogP contribution is 2.59. The Bertz CT molecular complexity index is 550. The molecule has 0 radical (unpaired) electrons. The average molecular weight is 451 g/mol. The number of carbonyl (C=O) groups excluding carboxylic acids is 2. The first kappa shape index (κ1) is 30.6. The number of aliphatic hydroxyl groups is 1. The summed E-state index contributed by atoms with van der Waals surface area (Å²) in [6, 6.07) is 0. The zero-order valence-electron chi connectivity index (χ0n) is 21.7. The molecule has 0 saturated heterocycles. The first-order chi connectivity index (χ1) is 15.1. The molecule has 4 heteroatoms. The van der Waals surface area contributed by atoms with Gasteiger partial charge in [0, 0.05) is 0 Å². The molecule has 0 amide bonds. The van der Waals surface area contributed by atoms with Gasteiger partial charge in [0.1, 0.15) is 6.79 Å². The Morgan fingerprint density at radius 3 is 1.94 bits per heavy atom. The third-order valence-electron chi connectivity index (χ3n) is 8.04. The molecule has 2 bridgehead atoms. The van der Waals surface area contributed by atoms with Crippen LogP contribution in [0.1, 0.15) is 92.4 Å². The molecule has 0 heterocycles. The molecule has 6 unspecified atom stereocenters. The van der Waals surface area contributed by atoms with E-state index in [0.717, 1.165) is 25.2 Å². The van der Waals surface area contributed by atoms with Gasteiger partial charge in [-0.3, -0.25) is 0 Å². The monoisotopic (exact) mass is 450 g/mol. The number of fused-ring (bicyclic) bond motifs is 5. The fourth-order valence-corrected chi connectivity index (χ4v) is 6.10. The van der Waals surface area contributed by atoms with E-state index in [2.05, 4.69) is 45.6 Å². The van der Waals surface area contributed by atoms with Crippen molar-refractivity contribution < 1.29 is 19.4 Å². The fourth-order valence-electron chi connectivity index (χ4n) is 6.10. The molecule has 3 fully saturated rings. The standard InChI is InChI=1S/C11H18.C10H22O.C6H8O2.CH2O/c1-7-4-10-8-2-3-9(6-8)11(10)5-7;1-5-8-9(6-2)10(4,11)7-3;1-4-5(2)6(7)8-3;1-2/h7-11H,2-6H2,1H3;9,11H,5-8H2,1-4H3;4H,1-2H2,3H3;1H2. The molecule has 3 aliphatic rings. The third kappa shape index (κ3) is 8.84. The van der Waals surface area contributed by atoms with E-state index in [1.54, 1.807) is 32.1 Å². The minimum atomic E-state index is -0.440. The average Bonchev–Trinajstić information content (AvgIpc) is 3.52. The largest absolute Gasteiger partial charge is 0.465 e. The van der Waals surface area contributed by atoms with E-state index >= 15 is 0 Å². The fraction of sp³-hybridized carbons (Fsp3) is 0.786. The Balaban J connectivity index is 0.000000440. The van der Waals surface area contributed by atoms with Gasteiger partial charge in [-0.25, -0.2) is 4.79 Å². The highest BCUT2D eigenvalue weighted by Gasteiger charge is 2.50. The van der Waals surface area contributed by atoms with E-state index in [0.29, 0.717) is 5.92 Å². The molecule has 0 aliphatic heterocycles. The number of carbonyl (C=O) groups is 2. The molecule has 1 N–H and O–H groups in total. The summed E-state index contributed by atoms with van der Waals surface area (Å²) in [6.45, 7) is 19.5. The lowest BCUT2D eigenvalue weighted by Crippen LogP contribution is -2.33. The molecule has 3 saturated carbocycles. The molecule has 32 heavy (non-hydrogen) atoms. The van der Waals surface area contributed by atoms with Gasteiger partial charge in [0.05, 0.1) is 18.3 Å². The Labute approximate surface area is 197 Å². The van der Waals surface area contributed by atoms with E-state index in [1.165, 1.54) is 43.3 Å². The van der Waals surface area contributed by atoms with Gasteiger partial charge in [-0.05, 0) is 87.4 Å². The maximum Gasteiger partial charge on any atom is 0.337 e. The van der Waals surface area contributed by atoms with Crippen LogP contribution in [0, 0.1) is 35.5 Å². The predicted octanol–water partition coefficient (Wildman–Crippen LogP) is 6.77. The lowest BCUT2D eigenvalue weighted by Gasteiger charge is -2.31. The molecule has 3 aliphatic carbocycles. The summed E-state index contributed by atoms with van der Waals surface area (Å²) in [5.41, 5.74) is -0.155. The second-order valence-corrected chi connectivity index (χ2v) is 10.1. The van der Waals surface area contributed by atoms with Crippen molar-refractivity contribution in [3.63, 3.8) is 0 Å². The molecule has 0 aromatic carbocycles. The molecule has 3 rings (SSSR count). The molecule has 0 spiro atoms. The van der Waals surface area contributed by atoms with Crippen molar-refractivity contribution in [3.8, 4) is 0 Å². The third-order valence-corrected chi connectivity index (χ3v) is 8.04. The molecule has 4 nitrogen and oxygen atoms in total. The Kier molecular flexibility index (Phi) is 14.7. The van der Waals surface area contributed by atoms with Crippen LogP contribution < -0.4 is 0 Å². The minimum Gasteiger partial charge on any atom is -0.465 e. The van der Waals surface area contributed by atoms with Crippen LogP contribution in [0.25, 0.3) is 0 Å². The zero-order valence-corrected chi connectivity index (χ0v) is 21.7. The van der Waals surface area contributed by atoms with E-state index < -0.39 is 11.6 Å². The van der Waals surface area contributed by atoms with Crippen LogP contribution in [0.4, 0.5) is 0 Å². The van der Waals surface area contributed by atoms with Crippen molar-refractivity contribution >= 4 is 12.8 Å². The van der Waals surface area contributed by atoms with E-state index in [1.807, 2.05) is 13.7 Å². The zero-order chi connectivity index (χ0) is 24.9. The van der Waals surface area contributed by atoms with E-state index in [-0.39, 0.29) is 5.57 Å². The topological polar surface area (TPSA) is 63.6 Å². The molecule has 0 aromatic heterocycles. The van der Waals surface area contributed by atoms with Crippen molar-refractivity contribution in [2.45, 2.75) is 98.0 Å². The number of hydrogen-bond acceptors (Lipinski definition) is 4. The van der Waals surface area contributed by atoms with Crippen LogP contribution in [0.5, 0.6) is 0 Å². The lowest BCUT2D eigenvalue weighted by molar-refractivity contribution is -0.135. The molecule has 186 valence electrons. The second-order valence-electron chi connectivity index (χ2n) is 10.1. The number of hydrogen-bond donors (Lipinski definition) is 1. The summed E-state index contributed by atoms with van der Waals surface area (Å²) < 4.78 is 4.29. The van der Waals surface area contributed by atoms with Crippen molar-refractivity contribution in [2.75, 3.05) is 7.11 Å². The number of ether oxygens (including phenoxy) is 1. The van der Waals surface area contributed by atoms with Gasteiger partial charge in [-0.15, -0.1) is 0 Å². The smallest absolute Gasteiger partial charge is 0.337 e. The van der Waals surface area contributed by atoms with Crippen molar-refractivity contribution in [2.24, 2.45) is 35.5 Å². The maximum absolute atomic E-state index is 10.3. The van der Waals surface area contributed by atoms with Gasteiger partial charge < -0.3 is 14.6 Å². The van der Waals surface area contributed by atoms with Crippen LogP contribution in [0.15, 0.2) is 24.8 Å². The van der Waals surface area contributed by atoms with Gasteiger partial charge in [-0.2, -0.15) is 0 Å². The van der Waals surface area contributed by atoms with Crippen LogP contribution in [-0.2, 0) is 14.3 Å². The van der Waals surface area contributed by atoms with E-state index in [9.17, 15) is 9.90 Å². The molecule has 6 atom stereocenters. The van der Waals surface area contributed by atoms with Crippen molar-refractivity contribution in [1.29, 1.82) is 0 Å². The van der Waals surface area contributed by atoms with E-state index in [4.69, 9.17) is 4.79 Å². The lowest BCUT2D eigenvalue weighted by atomic mass is 9.82. The number of esters is 1. The summed E-state index contributed by atoms with van der Waals surface area (Å²) in [6.07, 6.45) is 13.6. The summed E-state index contributed by atoms with van der Waals surface area (Å²) in [7, 11) is 1.30. The van der Waals surface area contributed by atoms with Crippen molar-refractivity contribution in [1.82, 2.24) is 0 Å². The molecular weight excluding hydrogens is 400 g/mol. The van der Waals surface area contributed by atoms with Gasteiger partial charge in [0.15, 0.2) is 0 Å². The normalized spacial score (nSPS) is 29.4. The first-order valence-electron chi connectivity index (χ1n) is 12.6. The maximum atomic E-state index is 10.3. The Morgan fingerprint density at radius 1 is 1.12 bits per heavy atom.